The number of hydrogen-bond donors (Lipinski definition) is 1. The Morgan fingerprint density at radius 3 is 2.73 bits per heavy atom. The minimum absolute atomic E-state index is 0.106. The fraction of sp³-hybridized carbons (Fsp3) is 0.133. The predicted molar refractivity (Wildman–Crippen MR) is 90.3 cm³/mol. The Labute approximate surface area is 151 Å². The van der Waals surface area contributed by atoms with Crippen LogP contribution < -0.4 is 5.32 Å². The number of aromatic nitrogens is 4. The van der Waals surface area contributed by atoms with Crippen molar-refractivity contribution in [1.29, 1.82) is 0 Å². The van der Waals surface area contributed by atoms with E-state index in [9.17, 15) is 19.3 Å². The quantitative estimate of drug-likeness (QED) is 0.523. The average Bonchev–Trinajstić information content (AvgIpc) is 3.17. The van der Waals surface area contributed by atoms with Crippen molar-refractivity contribution in [1.82, 2.24) is 19.6 Å². The van der Waals surface area contributed by atoms with Crippen LogP contribution in [0.25, 0.3) is 0 Å². The first-order chi connectivity index (χ1) is 12.4. The number of nitro groups is 1. The van der Waals surface area contributed by atoms with E-state index in [2.05, 4.69) is 15.5 Å². The molecule has 134 valence electrons. The smallest absolute Gasteiger partial charge is 0.358 e. The van der Waals surface area contributed by atoms with E-state index in [1.54, 1.807) is 18.2 Å². The summed E-state index contributed by atoms with van der Waals surface area (Å²) in [7, 11) is 0. The number of nitrogens with one attached hydrogen (secondary N) is 1. The lowest BCUT2D eigenvalue weighted by molar-refractivity contribution is -0.389. The lowest BCUT2D eigenvalue weighted by Gasteiger charge is -2.03. The Hall–Kier alpha value is -3.27. The number of carbonyl (C=O) groups excluding carboxylic acids is 1. The van der Waals surface area contributed by atoms with Crippen molar-refractivity contribution in [3.8, 4) is 0 Å². The second-order valence-corrected chi connectivity index (χ2v) is 5.70. The maximum absolute atomic E-state index is 13.7. The van der Waals surface area contributed by atoms with Crippen LogP contribution in [0.1, 0.15) is 5.56 Å². The van der Waals surface area contributed by atoms with Crippen LogP contribution in [0.2, 0.25) is 5.02 Å². The number of rotatable bonds is 6. The fourth-order valence-corrected chi connectivity index (χ4v) is 2.42. The summed E-state index contributed by atoms with van der Waals surface area (Å²) >= 11 is 6.04. The molecule has 0 saturated carbocycles. The van der Waals surface area contributed by atoms with E-state index in [1.807, 2.05) is 0 Å². The molecule has 0 fully saturated rings. The van der Waals surface area contributed by atoms with Gasteiger partial charge in [-0.25, -0.2) is 4.39 Å². The molecule has 2 aromatic heterocycles. The number of hydrogen-bond acceptors (Lipinski definition) is 5. The Morgan fingerprint density at radius 1 is 1.27 bits per heavy atom. The Bertz CT molecular complexity index is 970. The van der Waals surface area contributed by atoms with Crippen LogP contribution in [0.15, 0.2) is 42.7 Å². The predicted octanol–water partition coefficient (Wildman–Crippen LogP) is 2.47. The minimum atomic E-state index is -0.657. The van der Waals surface area contributed by atoms with Crippen LogP contribution in [0.4, 0.5) is 16.0 Å². The van der Waals surface area contributed by atoms with Crippen molar-refractivity contribution >= 4 is 29.1 Å². The van der Waals surface area contributed by atoms with Crippen molar-refractivity contribution in [3.63, 3.8) is 0 Å². The monoisotopic (exact) mass is 378 g/mol. The van der Waals surface area contributed by atoms with Gasteiger partial charge >= 0.3 is 5.82 Å². The van der Waals surface area contributed by atoms with Gasteiger partial charge in [0.15, 0.2) is 5.82 Å². The second-order valence-electron chi connectivity index (χ2n) is 5.29. The summed E-state index contributed by atoms with van der Waals surface area (Å²) < 4.78 is 16.2. The molecule has 0 aliphatic heterocycles. The van der Waals surface area contributed by atoms with E-state index in [-0.39, 0.29) is 35.6 Å². The molecule has 3 aromatic rings. The van der Waals surface area contributed by atoms with Gasteiger partial charge in [-0.1, -0.05) is 29.8 Å². The zero-order valence-corrected chi connectivity index (χ0v) is 13.9. The number of nitrogens with zero attached hydrogens (tertiary/aromatic N) is 5. The minimum Gasteiger partial charge on any atom is -0.358 e. The first kappa shape index (κ1) is 17.5. The summed E-state index contributed by atoms with van der Waals surface area (Å²) in [4.78, 5) is 22.0. The van der Waals surface area contributed by atoms with Gasteiger partial charge in [-0.3, -0.25) is 9.48 Å². The molecule has 0 bridgehead atoms. The summed E-state index contributed by atoms with van der Waals surface area (Å²) in [5.41, 5.74) is 0.424. The van der Waals surface area contributed by atoms with Gasteiger partial charge < -0.3 is 15.4 Å². The van der Waals surface area contributed by atoms with Crippen molar-refractivity contribution in [2.45, 2.75) is 13.1 Å². The van der Waals surface area contributed by atoms with Crippen LogP contribution in [0, 0.1) is 15.9 Å². The van der Waals surface area contributed by atoms with Gasteiger partial charge in [0, 0.05) is 11.8 Å². The second kappa shape index (κ2) is 7.31. The molecule has 0 radical (unpaired) electrons. The molecule has 11 heteroatoms. The molecule has 3 rings (SSSR count). The van der Waals surface area contributed by atoms with Crippen LogP contribution in [0.3, 0.4) is 0 Å². The largest absolute Gasteiger partial charge is 0.389 e. The summed E-state index contributed by atoms with van der Waals surface area (Å²) in [5.74, 6) is -1.13. The molecule has 0 aliphatic carbocycles. The Balaban J connectivity index is 1.66. The number of halogens is 2. The average molecular weight is 379 g/mol. The van der Waals surface area contributed by atoms with Gasteiger partial charge in [0.25, 0.3) is 0 Å². The highest BCUT2D eigenvalue weighted by Gasteiger charge is 2.16. The summed E-state index contributed by atoms with van der Waals surface area (Å²) in [6, 6.07) is 7.43. The molecule has 1 N–H and O–H groups in total. The molecule has 9 nitrogen and oxygen atoms in total. The van der Waals surface area contributed by atoms with Gasteiger partial charge in [-0.05, 0) is 11.0 Å². The van der Waals surface area contributed by atoms with E-state index in [0.717, 1.165) is 4.68 Å². The molecule has 1 aromatic carbocycles. The molecule has 0 aliphatic rings. The first-order valence-corrected chi connectivity index (χ1v) is 7.74. The summed E-state index contributed by atoms with van der Waals surface area (Å²) in [5, 5.41) is 21.0. The topological polar surface area (TPSA) is 108 Å². The van der Waals surface area contributed by atoms with Gasteiger partial charge in [0.05, 0.1) is 23.9 Å². The number of anilines is 1. The zero-order chi connectivity index (χ0) is 18.7. The third kappa shape index (κ3) is 4.03. The molecule has 0 atom stereocenters. The molecule has 0 saturated heterocycles. The van der Waals surface area contributed by atoms with Crippen LogP contribution in [-0.2, 0) is 17.9 Å². The van der Waals surface area contributed by atoms with Crippen molar-refractivity contribution in [2.75, 3.05) is 5.32 Å². The Morgan fingerprint density at radius 2 is 2.04 bits per heavy atom. The lowest BCUT2D eigenvalue weighted by atomic mass is 10.2. The van der Waals surface area contributed by atoms with Crippen LogP contribution >= 0.6 is 11.6 Å². The van der Waals surface area contributed by atoms with Crippen molar-refractivity contribution in [2.24, 2.45) is 0 Å². The highest BCUT2D eigenvalue weighted by atomic mass is 35.5. The molecule has 0 unspecified atom stereocenters. The van der Waals surface area contributed by atoms with Gasteiger partial charge in [-0.2, -0.15) is 9.78 Å². The molecule has 2 heterocycles. The van der Waals surface area contributed by atoms with E-state index >= 15 is 0 Å². The molecule has 1 amide bonds. The third-order valence-corrected chi connectivity index (χ3v) is 3.66. The number of amides is 1. The van der Waals surface area contributed by atoms with Gasteiger partial charge in [0.1, 0.15) is 17.4 Å². The molecule has 26 heavy (non-hydrogen) atoms. The first-order valence-electron chi connectivity index (χ1n) is 7.36. The summed E-state index contributed by atoms with van der Waals surface area (Å²) in [6.45, 7) is -0.0992. The summed E-state index contributed by atoms with van der Waals surface area (Å²) in [6.07, 6.45) is 2.78. The standard InChI is InChI=1S/C15H12ClFN6O3/c16-11-8-22(7-10-3-1-2-4-12(10)17)20-15(11)18-14(24)9-21-6-5-13(19-21)23(25)26/h1-6,8H,7,9H2,(H,18,20,24). The SMILES string of the molecule is O=C(Cn1ccc([N+](=O)[O-])n1)Nc1nn(Cc2ccccc2F)cc1Cl. The fourth-order valence-electron chi connectivity index (χ4n) is 2.22. The van der Waals surface area contributed by atoms with E-state index < -0.39 is 10.8 Å². The van der Waals surface area contributed by atoms with E-state index in [4.69, 9.17) is 11.6 Å². The normalized spacial score (nSPS) is 10.7. The van der Waals surface area contributed by atoms with Crippen LogP contribution in [-0.4, -0.2) is 30.4 Å². The zero-order valence-electron chi connectivity index (χ0n) is 13.2. The van der Waals surface area contributed by atoms with Crippen molar-refractivity contribution in [3.05, 3.63) is 69.2 Å². The maximum atomic E-state index is 13.7. The highest BCUT2D eigenvalue weighted by molar-refractivity contribution is 6.33. The molecular formula is C15H12ClFN6O3. The van der Waals surface area contributed by atoms with Gasteiger partial charge in [-0.15, -0.1) is 0 Å². The van der Waals surface area contributed by atoms with E-state index in [1.165, 1.54) is 29.2 Å². The highest BCUT2D eigenvalue weighted by Crippen LogP contribution is 2.20. The number of carbonyl (C=O) groups is 1. The number of benzene rings is 1. The third-order valence-electron chi connectivity index (χ3n) is 3.38. The van der Waals surface area contributed by atoms with E-state index in [0.29, 0.717) is 5.56 Å². The lowest BCUT2D eigenvalue weighted by Crippen LogP contribution is -2.19. The molecular weight excluding hydrogens is 367 g/mol. The van der Waals surface area contributed by atoms with Gasteiger partial charge in [0.2, 0.25) is 5.91 Å². The van der Waals surface area contributed by atoms with Crippen LogP contribution in [0.5, 0.6) is 0 Å². The maximum Gasteiger partial charge on any atom is 0.389 e. The Kier molecular flexibility index (Phi) is 4.94. The molecule has 0 spiro atoms. The van der Waals surface area contributed by atoms with Crippen molar-refractivity contribution < 1.29 is 14.1 Å².